The Morgan fingerprint density at radius 1 is 0.367 bits per heavy atom. The fraction of sp³-hybridized carbons (Fsp3) is 0.0698. The van der Waals surface area contributed by atoms with Gasteiger partial charge in [-0.25, -0.2) is 0 Å². The largest absolute Gasteiger partial charge is 0.371 e. The normalized spacial score (nSPS) is 10.5. The van der Waals surface area contributed by atoms with Crippen molar-refractivity contribution in [1.82, 2.24) is 10.6 Å². The Bertz CT molecular complexity index is 1730. The smallest absolute Gasteiger partial charge is 0.112 e. The summed E-state index contributed by atoms with van der Waals surface area (Å²) in [4.78, 5) is 0. The minimum atomic E-state index is 0.697. The molecule has 0 amide bonds. The van der Waals surface area contributed by atoms with Crippen LogP contribution in [0.2, 0.25) is 10.0 Å². The standard InChI is InChI=1S/C43H38Cl2N4/c44-36-22-26-38(27-23-36)48-42(40(32-14-5-1-6-15-32)33-16-7-2-8-17-33)46-30-13-31-47-43(49-39-28-24-37(45)25-29-39)41(34-18-9-3-10-19-34)35-20-11-4-12-21-35/h1-12,14-29,46-49H,13,30-31H2. The Hall–Kier alpha value is -5.42. The van der Waals surface area contributed by atoms with Crippen molar-refractivity contribution in [3.8, 4) is 0 Å². The van der Waals surface area contributed by atoms with E-state index in [-0.39, 0.29) is 0 Å². The fourth-order valence-electron chi connectivity index (χ4n) is 5.59. The molecule has 244 valence electrons. The lowest BCUT2D eigenvalue weighted by Crippen LogP contribution is -2.28. The van der Waals surface area contributed by atoms with E-state index < -0.39 is 0 Å². The van der Waals surface area contributed by atoms with E-state index in [2.05, 4.69) is 118 Å². The summed E-state index contributed by atoms with van der Waals surface area (Å²) in [7, 11) is 0. The Morgan fingerprint density at radius 3 is 0.939 bits per heavy atom. The van der Waals surface area contributed by atoms with Gasteiger partial charge < -0.3 is 21.3 Å². The Labute approximate surface area is 299 Å². The van der Waals surface area contributed by atoms with Crippen LogP contribution in [-0.2, 0) is 0 Å². The van der Waals surface area contributed by atoms with E-state index >= 15 is 0 Å². The van der Waals surface area contributed by atoms with Crippen molar-refractivity contribution in [3.63, 3.8) is 0 Å². The summed E-state index contributed by atoms with van der Waals surface area (Å²) >= 11 is 12.5. The molecule has 0 fully saturated rings. The number of hydrogen-bond donors (Lipinski definition) is 4. The molecule has 0 radical (unpaired) electrons. The van der Waals surface area contributed by atoms with E-state index in [1.54, 1.807) is 0 Å². The summed E-state index contributed by atoms with van der Waals surface area (Å²) < 4.78 is 0. The van der Waals surface area contributed by atoms with E-state index in [9.17, 15) is 0 Å². The maximum absolute atomic E-state index is 6.23. The second kappa shape index (κ2) is 17.1. The third kappa shape index (κ3) is 9.35. The highest BCUT2D eigenvalue weighted by Gasteiger charge is 2.15. The van der Waals surface area contributed by atoms with Crippen molar-refractivity contribution in [2.75, 3.05) is 23.7 Å². The summed E-state index contributed by atoms with van der Waals surface area (Å²) in [5.74, 6) is 1.84. The molecule has 49 heavy (non-hydrogen) atoms. The lowest BCUT2D eigenvalue weighted by molar-refractivity contribution is 0.681. The van der Waals surface area contributed by atoms with Crippen LogP contribution in [0.3, 0.4) is 0 Å². The van der Waals surface area contributed by atoms with Crippen LogP contribution in [0.15, 0.2) is 182 Å². The van der Waals surface area contributed by atoms with E-state index in [0.717, 1.165) is 62.8 Å². The van der Waals surface area contributed by atoms with Crippen LogP contribution in [-0.4, -0.2) is 13.1 Å². The molecule has 0 unspecified atom stereocenters. The van der Waals surface area contributed by atoms with Gasteiger partial charge in [-0.15, -0.1) is 0 Å². The van der Waals surface area contributed by atoms with Gasteiger partial charge in [-0.05, 0) is 77.2 Å². The van der Waals surface area contributed by atoms with Crippen LogP contribution in [0.5, 0.6) is 0 Å². The van der Waals surface area contributed by atoms with Gasteiger partial charge in [0.15, 0.2) is 0 Å². The zero-order valence-electron chi connectivity index (χ0n) is 27.0. The van der Waals surface area contributed by atoms with E-state index in [1.807, 2.05) is 72.8 Å². The topological polar surface area (TPSA) is 48.1 Å². The van der Waals surface area contributed by atoms with Gasteiger partial charge in [-0.2, -0.15) is 0 Å². The molecule has 6 aromatic carbocycles. The molecule has 0 aromatic heterocycles. The van der Waals surface area contributed by atoms with Crippen LogP contribution in [0, 0.1) is 0 Å². The Balaban J connectivity index is 1.29. The highest BCUT2D eigenvalue weighted by atomic mass is 35.5. The van der Waals surface area contributed by atoms with Crippen molar-refractivity contribution in [2.45, 2.75) is 6.42 Å². The molecule has 6 aromatic rings. The summed E-state index contributed by atoms with van der Waals surface area (Å²) in [6.45, 7) is 1.43. The molecule has 0 heterocycles. The average Bonchev–Trinajstić information content (AvgIpc) is 3.15. The summed E-state index contributed by atoms with van der Waals surface area (Å²) in [6.07, 6.45) is 0.839. The van der Waals surface area contributed by atoms with Gasteiger partial charge in [0.05, 0.1) is 0 Å². The Kier molecular flexibility index (Phi) is 11.7. The van der Waals surface area contributed by atoms with E-state index in [4.69, 9.17) is 23.2 Å². The molecule has 6 heteroatoms. The van der Waals surface area contributed by atoms with Crippen molar-refractivity contribution >= 4 is 45.7 Å². The first-order valence-electron chi connectivity index (χ1n) is 16.4. The third-order valence-electron chi connectivity index (χ3n) is 7.93. The quantitative estimate of drug-likeness (QED) is 0.0865. The molecule has 0 aliphatic carbocycles. The molecular formula is C43H38Cl2N4. The molecule has 0 aliphatic rings. The first-order chi connectivity index (χ1) is 24.1. The maximum Gasteiger partial charge on any atom is 0.112 e. The van der Waals surface area contributed by atoms with Crippen LogP contribution in [0.1, 0.15) is 28.7 Å². The summed E-state index contributed by atoms with van der Waals surface area (Å²) in [5.41, 5.74) is 8.53. The average molecular weight is 682 g/mol. The van der Waals surface area contributed by atoms with Gasteiger partial charge in [-0.1, -0.05) is 145 Å². The molecule has 4 nitrogen and oxygen atoms in total. The van der Waals surface area contributed by atoms with Crippen molar-refractivity contribution < 1.29 is 0 Å². The van der Waals surface area contributed by atoms with Crippen LogP contribution in [0.4, 0.5) is 11.4 Å². The number of rotatable bonds is 14. The second-order valence-electron chi connectivity index (χ2n) is 11.4. The summed E-state index contributed by atoms with van der Waals surface area (Å²) in [6, 6.07) is 57.4. The predicted molar refractivity (Wildman–Crippen MR) is 209 cm³/mol. The number of nitrogens with one attached hydrogen (secondary N) is 4. The van der Waals surface area contributed by atoms with Crippen LogP contribution < -0.4 is 21.3 Å². The van der Waals surface area contributed by atoms with Gasteiger partial charge in [0.2, 0.25) is 0 Å². The van der Waals surface area contributed by atoms with E-state index in [0.29, 0.717) is 23.1 Å². The van der Waals surface area contributed by atoms with Gasteiger partial charge in [0.1, 0.15) is 11.6 Å². The Morgan fingerprint density at radius 2 is 0.653 bits per heavy atom. The maximum atomic E-state index is 6.23. The molecule has 0 bridgehead atoms. The van der Waals surface area contributed by atoms with Crippen LogP contribution in [0.25, 0.3) is 11.1 Å². The van der Waals surface area contributed by atoms with Crippen molar-refractivity contribution in [2.24, 2.45) is 0 Å². The zero-order chi connectivity index (χ0) is 33.7. The van der Waals surface area contributed by atoms with Crippen molar-refractivity contribution in [1.29, 1.82) is 0 Å². The zero-order valence-corrected chi connectivity index (χ0v) is 28.6. The molecule has 4 N–H and O–H groups in total. The predicted octanol–water partition coefficient (Wildman–Crippen LogP) is 10.9. The molecule has 6 rings (SSSR count). The molecule has 0 atom stereocenters. The van der Waals surface area contributed by atoms with E-state index in [1.165, 1.54) is 0 Å². The van der Waals surface area contributed by atoms with Gasteiger partial charge in [0.25, 0.3) is 0 Å². The molecular weight excluding hydrogens is 643 g/mol. The molecule has 0 saturated heterocycles. The van der Waals surface area contributed by atoms with Gasteiger partial charge in [-0.3, -0.25) is 0 Å². The number of benzene rings is 6. The fourth-order valence-corrected chi connectivity index (χ4v) is 5.84. The van der Waals surface area contributed by atoms with Gasteiger partial charge >= 0.3 is 0 Å². The summed E-state index contributed by atoms with van der Waals surface area (Å²) in [5, 5.41) is 16.2. The number of halogens is 2. The minimum Gasteiger partial charge on any atom is -0.371 e. The lowest BCUT2D eigenvalue weighted by Gasteiger charge is -2.22. The lowest BCUT2D eigenvalue weighted by atomic mass is 9.97. The highest BCUT2D eigenvalue weighted by Crippen LogP contribution is 2.29. The number of hydrogen-bond acceptors (Lipinski definition) is 4. The van der Waals surface area contributed by atoms with Gasteiger partial charge in [0, 0.05) is 45.7 Å². The van der Waals surface area contributed by atoms with Crippen LogP contribution >= 0.6 is 23.2 Å². The number of anilines is 2. The van der Waals surface area contributed by atoms with Crippen molar-refractivity contribution in [3.05, 3.63) is 214 Å². The third-order valence-corrected chi connectivity index (χ3v) is 8.44. The highest BCUT2D eigenvalue weighted by molar-refractivity contribution is 6.30. The minimum absolute atomic E-state index is 0.697. The second-order valence-corrected chi connectivity index (χ2v) is 12.3. The first-order valence-corrected chi connectivity index (χ1v) is 17.1. The molecule has 0 aliphatic heterocycles. The molecule has 0 saturated carbocycles. The monoisotopic (exact) mass is 680 g/mol. The SMILES string of the molecule is Clc1ccc(NC(NCCCNC(Nc2ccc(Cl)cc2)=C(c2ccccc2)c2ccccc2)=C(c2ccccc2)c2ccccc2)cc1. The molecule has 0 spiro atoms. The first kappa shape index (κ1) is 33.5.